The number of rotatable bonds is 6. The molecule has 3 aromatic rings. The lowest BCUT2D eigenvalue weighted by atomic mass is 10.0. The van der Waals surface area contributed by atoms with Crippen molar-refractivity contribution in [2.75, 3.05) is 37.4 Å². The van der Waals surface area contributed by atoms with E-state index in [9.17, 15) is 14.4 Å². The molecule has 220 valence electrons. The molecule has 0 radical (unpaired) electrons. The third-order valence-corrected chi connectivity index (χ3v) is 6.65. The largest absolute Gasteiger partial charge is 0.444 e. The van der Waals surface area contributed by atoms with Gasteiger partial charge < -0.3 is 25.2 Å². The van der Waals surface area contributed by atoms with Gasteiger partial charge in [0.05, 0.1) is 11.7 Å². The van der Waals surface area contributed by atoms with Crippen molar-refractivity contribution in [3.05, 3.63) is 66.0 Å². The zero-order valence-electron chi connectivity index (χ0n) is 25.3. The van der Waals surface area contributed by atoms with Gasteiger partial charge in [0.2, 0.25) is 0 Å². The van der Waals surface area contributed by atoms with Crippen LogP contribution in [0.3, 0.4) is 0 Å². The molecule has 1 aliphatic rings. The summed E-state index contributed by atoms with van der Waals surface area (Å²) in [6.07, 6.45) is 3.76. The Morgan fingerprint density at radius 2 is 1.68 bits per heavy atom. The van der Waals surface area contributed by atoms with Crippen LogP contribution in [-0.4, -0.2) is 66.6 Å². The number of pyridine rings is 1. The van der Waals surface area contributed by atoms with Crippen LogP contribution in [0.2, 0.25) is 0 Å². The van der Waals surface area contributed by atoms with Crippen molar-refractivity contribution in [1.82, 2.24) is 15.2 Å². The standard InChI is InChI=1S/C30H37N5O4.C2H6/c1-30(2,3)39-29(38)35-18-9-8-11-20(35)19-32-28(37)26-24(14-10-17-31-26)33-27(36)23-15-16-25(34(4)5)22-13-7-6-12-21(22)23;1-2/h6-7,10,12-17,20H,8-9,11,18-19H2,1-5H3,(H,32,37)(H,33,36);1-2H3. The quantitative estimate of drug-likeness (QED) is 0.377. The Morgan fingerprint density at radius 1 is 0.976 bits per heavy atom. The van der Waals surface area contributed by atoms with Gasteiger partial charge in [-0.25, -0.2) is 9.78 Å². The summed E-state index contributed by atoms with van der Waals surface area (Å²) in [5.41, 5.74) is 1.34. The fourth-order valence-electron chi connectivity index (χ4n) is 4.82. The molecule has 4 rings (SSSR count). The Labute approximate surface area is 243 Å². The first-order chi connectivity index (χ1) is 19.5. The second-order valence-electron chi connectivity index (χ2n) is 11.0. The van der Waals surface area contributed by atoms with Gasteiger partial charge in [0.1, 0.15) is 5.60 Å². The van der Waals surface area contributed by atoms with Crippen LogP contribution in [-0.2, 0) is 4.74 Å². The highest BCUT2D eigenvalue weighted by molar-refractivity contribution is 6.16. The number of fused-ring (bicyclic) bond motifs is 1. The van der Waals surface area contributed by atoms with E-state index in [-0.39, 0.29) is 30.3 Å². The van der Waals surface area contributed by atoms with E-state index in [1.165, 1.54) is 6.20 Å². The number of ether oxygens (including phenoxy) is 1. The Balaban J connectivity index is 0.00000226. The number of aromatic nitrogens is 1. The summed E-state index contributed by atoms with van der Waals surface area (Å²) in [6, 6.07) is 14.6. The number of likely N-dealkylation sites (tertiary alicyclic amines) is 1. The molecule has 1 atom stereocenters. The Morgan fingerprint density at radius 3 is 2.37 bits per heavy atom. The van der Waals surface area contributed by atoms with Crippen LogP contribution in [0.4, 0.5) is 16.2 Å². The smallest absolute Gasteiger partial charge is 0.410 e. The topological polar surface area (TPSA) is 104 Å². The van der Waals surface area contributed by atoms with Gasteiger partial charge in [-0.05, 0) is 69.7 Å². The minimum Gasteiger partial charge on any atom is -0.444 e. The first-order valence-corrected chi connectivity index (χ1v) is 14.3. The maximum absolute atomic E-state index is 13.4. The van der Waals surface area contributed by atoms with E-state index in [1.54, 1.807) is 23.1 Å². The van der Waals surface area contributed by atoms with Gasteiger partial charge >= 0.3 is 6.09 Å². The number of nitrogens with one attached hydrogen (secondary N) is 2. The molecule has 0 saturated carbocycles. The van der Waals surface area contributed by atoms with Crippen molar-refractivity contribution in [3.63, 3.8) is 0 Å². The van der Waals surface area contributed by atoms with E-state index in [0.29, 0.717) is 17.8 Å². The number of nitrogens with zero attached hydrogens (tertiary/aromatic N) is 3. The summed E-state index contributed by atoms with van der Waals surface area (Å²) in [7, 11) is 3.92. The average Bonchev–Trinajstić information content (AvgIpc) is 2.95. The molecular formula is C32H43N5O4. The van der Waals surface area contributed by atoms with Crippen molar-refractivity contribution < 1.29 is 19.1 Å². The van der Waals surface area contributed by atoms with Gasteiger partial charge in [0.25, 0.3) is 11.8 Å². The maximum atomic E-state index is 13.4. The molecule has 9 nitrogen and oxygen atoms in total. The molecule has 2 heterocycles. The molecule has 1 aromatic heterocycles. The first kappa shape index (κ1) is 31.4. The minimum atomic E-state index is -0.596. The average molecular weight is 562 g/mol. The summed E-state index contributed by atoms with van der Waals surface area (Å²) in [6.45, 7) is 10.4. The second-order valence-corrected chi connectivity index (χ2v) is 11.0. The van der Waals surface area contributed by atoms with Crippen LogP contribution < -0.4 is 15.5 Å². The fraction of sp³-hybridized carbons (Fsp3) is 0.438. The van der Waals surface area contributed by atoms with Crippen molar-refractivity contribution in [3.8, 4) is 0 Å². The van der Waals surface area contributed by atoms with Crippen molar-refractivity contribution in [2.24, 2.45) is 0 Å². The predicted octanol–water partition coefficient (Wildman–Crippen LogP) is 6.10. The number of hydrogen-bond donors (Lipinski definition) is 2. The van der Waals surface area contributed by atoms with Crippen LogP contribution in [0.15, 0.2) is 54.7 Å². The zero-order valence-corrected chi connectivity index (χ0v) is 25.3. The molecule has 3 amide bonds. The van der Waals surface area contributed by atoms with E-state index in [4.69, 9.17) is 4.74 Å². The van der Waals surface area contributed by atoms with E-state index in [2.05, 4.69) is 15.6 Å². The molecule has 1 aliphatic heterocycles. The normalized spacial score (nSPS) is 14.9. The van der Waals surface area contributed by atoms with E-state index in [0.717, 1.165) is 35.7 Å². The SMILES string of the molecule is CC.CN(C)c1ccc(C(=O)Nc2cccnc2C(=O)NCC2CCCCN2C(=O)OC(C)(C)C)c2ccccc12. The number of hydrogen-bond acceptors (Lipinski definition) is 6. The molecule has 2 aromatic carbocycles. The van der Waals surface area contributed by atoms with Crippen LogP contribution in [0, 0.1) is 0 Å². The Kier molecular flexibility index (Phi) is 10.7. The highest BCUT2D eigenvalue weighted by Gasteiger charge is 2.31. The number of carbonyl (C=O) groups is 3. The number of carbonyl (C=O) groups excluding carboxylic acids is 3. The van der Waals surface area contributed by atoms with E-state index < -0.39 is 11.5 Å². The third-order valence-electron chi connectivity index (χ3n) is 6.65. The van der Waals surface area contributed by atoms with Gasteiger partial charge in [-0.2, -0.15) is 0 Å². The number of piperidine rings is 1. The van der Waals surface area contributed by atoms with Gasteiger partial charge in [-0.15, -0.1) is 0 Å². The Bertz CT molecular complexity index is 1370. The lowest BCUT2D eigenvalue weighted by molar-refractivity contribution is 0.00984. The molecule has 41 heavy (non-hydrogen) atoms. The molecular weight excluding hydrogens is 518 g/mol. The maximum Gasteiger partial charge on any atom is 0.410 e. The number of anilines is 2. The molecule has 0 bridgehead atoms. The van der Waals surface area contributed by atoms with Gasteiger partial charge in [-0.3, -0.25) is 9.59 Å². The van der Waals surface area contributed by atoms with Crippen LogP contribution in [0.5, 0.6) is 0 Å². The summed E-state index contributed by atoms with van der Waals surface area (Å²) >= 11 is 0. The minimum absolute atomic E-state index is 0.111. The predicted molar refractivity (Wildman–Crippen MR) is 165 cm³/mol. The van der Waals surface area contributed by atoms with E-state index in [1.807, 2.05) is 83.9 Å². The number of benzene rings is 2. The zero-order chi connectivity index (χ0) is 30.2. The summed E-state index contributed by atoms with van der Waals surface area (Å²) < 4.78 is 5.57. The van der Waals surface area contributed by atoms with E-state index >= 15 is 0 Å². The summed E-state index contributed by atoms with van der Waals surface area (Å²) in [4.78, 5) is 47.3. The highest BCUT2D eigenvalue weighted by Crippen LogP contribution is 2.29. The fourth-order valence-corrected chi connectivity index (χ4v) is 4.82. The van der Waals surface area contributed by atoms with Crippen molar-refractivity contribution in [2.45, 2.75) is 65.5 Å². The lowest BCUT2D eigenvalue weighted by Crippen LogP contribution is -2.50. The third kappa shape index (κ3) is 7.96. The molecule has 1 saturated heterocycles. The van der Waals surface area contributed by atoms with Gasteiger partial charge in [0, 0.05) is 50.0 Å². The molecule has 1 fully saturated rings. The number of amides is 3. The van der Waals surface area contributed by atoms with Gasteiger partial charge in [0.15, 0.2) is 5.69 Å². The first-order valence-electron chi connectivity index (χ1n) is 14.3. The van der Waals surface area contributed by atoms with Crippen LogP contribution >= 0.6 is 0 Å². The lowest BCUT2D eigenvalue weighted by Gasteiger charge is -2.36. The van der Waals surface area contributed by atoms with Crippen LogP contribution in [0.1, 0.15) is 74.7 Å². The molecule has 0 spiro atoms. The summed E-state index contributed by atoms with van der Waals surface area (Å²) in [5, 5.41) is 7.57. The molecule has 1 unspecified atom stereocenters. The van der Waals surface area contributed by atoms with Crippen LogP contribution in [0.25, 0.3) is 10.8 Å². The molecule has 0 aliphatic carbocycles. The highest BCUT2D eigenvalue weighted by atomic mass is 16.6. The second kappa shape index (κ2) is 14.0. The molecule has 9 heteroatoms. The summed E-state index contributed by atoms with van der Waals surface area (Å²) in [5.74, 6) is -0.754. The Hall–Kier alpha value is -4.14. The van der Waals surface area contributed by atoms with Crippen molar-refractivity contribution in [1.29, 1.82) is 0 Å². The van der Waals surface area contributed by atoms with Gasteiger partial charge in [-0.1, -0.05) is 38.1 Å². The van der Waals surface area contributed by atoms with Crippen molar-refractivity contribution >= 4 is 40.1 Å². The molecule has 2 N–H and O–H groups in total. The monoisotopic (exact) mass is 561 g/mol.